The van der Waals surface area contributed by atoms with Crippen LogP contribution in [0.3, 0.4) is 0 Å². The van der Waals surface area contributed by atoms with E-state index in [0.29, 0.717) is 0 Å². The Morgan fingerprint density at radius 1 is 0.327 bits per heavy atom. The minimum absolute atomic E-state index is 1.09. The third kappa shape index (κ3) is 5.00. The maximum atomic E-state index is 4.42. The molecule has 2 heteroatoms. The number of para-hydroxylation sites is 1. The highest BCUT2D eigenvalue weighted by molar-refractivity contribution is 6.28. The molecule has 1 heterocycles. The van der Waals surface area contributed by atoms with E-state index >= 15 is 0 Å². The normalized spacial score (nSPS) is 11.6. The minimum atomic E-state index is 1.09. The SMILES string of the molecule is c1ccc(-c2c3c(c(-c4ccccc4)c4ccccc24)-c2ccc(-c4cccc(N(c5ccccc5)c5ccc6ccncc6c5)c4)c4cccc-3c24)cc1. The van der Waals surface area contributed by atoms with Gasteiger partial charge in [0.15, 0.2) is 0 Å². The number of rotatable bonds is 6. The summed E-state index contributed by atoms with van der Waals surface area (Å²) in [6.45, 7) is 0. The third-order valence-corrected chi connectivity index (χ3v) is 11.2. The number of aromatic nitrogens is 1. The van der Waals surface area contributed by atoms with Crippen LogP contribution in [0.25, 0.3) is 88.0 Å². The number of pyridine rings is 1. The summed E-state index contributed by atoms with van der Waals surface area (Å²) in [5, 5.41) is 7.40. The Hall–Kier alpha value is -7.29. The second-order valence-corrected chi connectivity index (χ2v) is 14.3. The molecule has 0 saturated heterocycles. The van der Waals surface area contributed by atoms with Crippen LogP contribution >= 0.6 is 0 Å². The first-order valence-corrected chi connectivity index (χ1v) is 18.9. The molecule has 1 aromatic heterocycles. The average molecular weight is 699 g/mol. The van der Waals surface area contributed by atoms with Gasteiger partial charge in [0.25, 0.3) is 0 Å². The highest BCUT2D eigenvalue weighted by Crippen LogP contribution is 2.58. The van der Waals surface area contributed by atoms with Gasteiger partial charge in [-0.05, 0) is 125 Å². The van der Waals surface area contributed by atoms with E-state index in [1.165, 1.54) is 82.6 Å². The van der Waals surface area contributed by atoms with Crippen LogP contribution in [-0.2, 0) is 0 Å². The first-order chi connectivity index (χ1) is 27.3. The van der Waals surface area contributed by atoms with Gasteiger partial charge in [-0.2, -0.15) is 0 Å². The van der Waals surface area contributed by atoms with Crippen LogP contribution in [0.1, 0.15) is 0 Å². The van der Waals surface area contributed by atoms with Crippen LogP contribution in [0.15, 0.2) is 207 Å². The van der Waals surface area contributed by atoms with Gasteiger partial charge in [0.2, 0.25) is 0 Å². The molecule has 0 aliphatic heterocycles. The van der Waals surface area contributed by atoms with Crippen molar-refractivity contribution in [2.45, 2.75) is 0 Å². The van der Waals surface area contributed by atoms with Crippen LogP contribution in [0.5, 0.6) is 0 Å². The van der Waals surface area contributed by atoms with E-state index < -0.39 is 0 Å². The molecule has 0 saturated carbocycles. The summed E-state index contributed by atoms with van der Waals surface area (Å²) in [6, 6.07) is 70.7. The zero-order valence-corrected chi connectivity index (χ0v) is 30.0. The van der Waals surface area contributed by atoms with Crippen molar-refractivity contribution in [3.8, 4) is 55.6 Å². The molecule has 0 fully saturated rings. The summed E-state index contributed by atoms with van der Waals surface area (Å²) in [7, 11) is 0. The highest BCUT2D eigenvalue weighted by atomic mass is 15.1. The van der Waals surface area contributed by atoms with Gasteiger partial charge in [-0.1, -0.05) is 152 Å². The molecule has 2 nitrogen and oxygen atoms in total. The zero-order chi connectivity index (χ0) is 36.3. The summed E-state index contributed by atoms with van der Waals surface area (Å²) >= 11 is 0. The molecule has 0 amide bonds. The van der Waals surface area contributed by atoms with E-state index in [2.05, 4.69) is 204 Å². The number of fused-ring (bicyclic) bond motifs is 5. The summed E-state index contributed by atoms with van der Waals surface area (Å²) < 4.78 is 0. The topological polar surface area (TPSA) is 16.1 Å². The second kappa shape index (κ2) is 12.7. The van der Waals surface area contributed by atoms with Crippen molar-refractivity contribution in [3.63, 3.8) is 0 Å². The van der Waals surface area contributed by atoms with Gasteiger partial charge in [-0.3, -0.25) is 4.98 Å². The van der Waals surface area contributed by atoms with Crippen LogP contribution in [-0.4, -0.2) is 4.98 Å². The number of hydrogen-bond donors (Lipinski definition) is 0. The van der Waals surface area contributed by atoms with Crippen molar-refractivity contribution in [3.05, 3.63) is 207 Å². The third-order valence-electron chi connectivity index (χ3n) is 11.2. The van der Waals surface area contributed by atoms with Gasteiger partial charge in [-0.15, -0.1) is 0 Å². The van der Waals surface area contributed by atoms with Crippen molar-refractivity contribution in [2.24, 2.45) is 0 Å². The fourth-order valence-electron chi connectivity index (χ4n) is 8.91. The van der Waals surface area contributed by atoms with Crippen molar-refractivity contribution in [2.75, 3.05) is 4.90 Å². The molecule has 1 aliphatic rings. The number of anilines is 3. The number of benzene rings is 9. The Bertz CT molecular complexity index is 2990. The number of hydrogen-bond acceptors (Lipinski definition) is 2. The first kappa shape index (κ1) is 31.3. The van der Waals surface area contributed by atoms with Crippen molar-refractivity contribution >= 4 is 49.4 Å². The molecular formula is C53H34N2. The van der Waals surface area contributed by atoms with Gasteiger partial charge in [-0.25, -0.2) is 0 Å². The molecule has 0 spiro atoms. The zero-order valence-electron chi connectivity index (χ0n) is 30.0. The van der Waals surface area contributed by atoms with E-state index in [-0.39, 0.29) is 0 Å². The molecule has 0 atom stereocenters. The van der Waals surface area contributed by atoms with Crippen LogP contribution in [0, 0.1) is 0 Å². The summed E-state index contributed by atoms with van der Waals surface area (Å²) in [5.41, 5.74) is 16.0. The van der Waals surface area contributed by atoms with Crippen molar-refractivity contribution in [1.29, 1.82) is 0 Å². The van der Waals surface area contributed by atoms with Gasteiger partial charge in [0.05, 0.1) is 0 Å². The van der Waals surface area contributed by atoms with E-state index in [0.717, 1.165) is 22.4 Å². The smallest absolute Gasteiger partial charge is 0.0468 e. The van der Waals surface area contributed by atoms with Gasteiger partial charge >= 0.3 is 0 Å². The van der Waals surface area contributed by atoms with E-state index in [9.17, 15) is 0 Å². The summed E-state index contributed by atoms with van der Waals surface area (Å²) in [6.07, 6.45) is 3.79. The lowest BCUT2D eigenvalue weighted by molar-refractivity contribution is 1.28. The van der Waals surface area contributed by atoms with Crippen molar-refractivity contribution < 1.29 is 0 Å². The lowest BCUT2D eigenvalue weighted by atomic mass is 9.82. The molecular weight excluding hydrogens is 665 g/mol. The second-order valence-electron chi connectivity index (χ2n) is 14.3. The average Bonchev–Trinajstić information content (AvgIpc) is 3.58. The molecule has 9 aromatic carbocycles. The predicted molar refractivity (Wildman–Crippen MR) is 232 cm³/mol. The Labute approximate surface area is 320 Å². The Morgan fingerprint density at radius 3 is 1.58 bits per heavy atom. The van der Waals surface area contributed by atoms with Crippen molar-refractivity contribution in [1.82, 2.24) is 4.98 Å². The maximum absolute atomic E-state index is 4.42. The largest absolute Gasteiger partial charge is 0.310 e. The molecule has 1 aliphatic carbocycles. The molecule has 0 radical (unpaired) electrons. The van der Waals surface area contributed by atoms with Crippen LogP contribution < -0.4 is 4.90 Å². The maximum Gasteiger partial charge on any atom is 0.0468 e. The lowest BCUT2D eigenvalue weighted by Crippen LogP contribution is -2.09. The fraction of sp³-hybridized carbons (Fsp3) is 0. The first-order valence-electron chi connectivity index (χ1n) is 18.9. The monoisotopic (exact) mass is 698 g/mol. The summed E-state index contributed by atoms with van der Waals surface area (Å²) in [5.74, 6) is 0. The Morgan fingerprint density at radius 2 is 0.873 bits per heavy atom. The predicted octanol–water partition coefficient (Wildman–Crippen LogP) is 14.7. The quantitative estimate of drug-likeness (QED) is 0.172. The molecule has 256 valence electrons. The summed E-state index contributed by atoms with van der Waals surface area (Å²) in [4.78, 5) is 6.76. The standard InChI is InChI=1S/C53H34N2/c1-4-14-36(15-5-1)49-45-22-10-11-23-46(45)50(37-16-6-2-7-17-37)53-48-29-28-43(44-24-13-25-47(51(44)48)52(49)53)38-18-12-21-41(32-38)55(40-19-8-3-9-20-40)42-27-26-35-30-31-54-34-39(35)33-42/h1-34H. The van der Waals surface area contributed by atoms with E-state index in [1.54, 1.807) is 0 Å². The molecule has 0 N–H and O–H groups in total. The molecule has 55 heavy (non-hydrogen) atoms. The molecule has 11 rings (SSSR count). The van der Waals surface area contributed by atoms with E-state index in [1.807, 2.05) is 12.4 Å². The van der Waals surface area contributed by atoms with Gasteiger partial charge in [0, 0.05) is 34.8 Å². The fourth-order valence-corrected chi connectivity index (χ4v) is 8.91. The van der Waals surface area contributed by atoms with E-state index in [4.69, 9.17) is 0 Å². The van der Waals surface area contributed by atoms with Crippen LogP contribution in [0.4, 0.5) is 17.1 Å². The van der Waals surface area contributed by atoms with Crippen LogP contribution in [0.2, 0.25) is 0 Å². The Kier molecular flexibility index (Phi) is 7.21. The molecule has 0 unspecified atom stereocenters. The molecule has 10 aromatic rings. The highest BCUT2D eigenvalue weighted by Gasteiger charge is 2.31. The Balaban J connectivity index is 1.15. The van der Waals surface area contributed by atoms with Gasteiger partial charge < -0.3 is 4.90 Å². The molecule has 0 bridgehead atoms. The number of nitrogens with zero attached hydrogens (tertiary/aromatic N) is 2. The van der Waals surface area contributed by atoms with Gasteiger partial charge in [0.1, 0.15) is 0 Å². The lowest BCUT2D eigenvalue weighted by Gasteiger charge is -2.26. The minimum Gasteiger partial charge on any atom is -0.310 e.